The molecule has 4 heterocycles. The van der Waals surface area contributed by atoms with Gasteiger partial charge in [0.25, 0.3) is 5.91 Å². The molecule has 1 amide bonds. The highest BCUT2D eigenvalue weighted by Crippen LogP contribution is 2.37. The van der Waals surface area contributed by atoms with Crippen LogP contribution in [0.25, 0.3) is 11.1 Å². The minimum Gasteiger partial charge on any atom is -0.372 e. The summed E-state index contributed by atoms with van der Waals surface area (Å²) in [6.45, 7) is 13.8. The first-order valence-electron chi connectivity index (χ1n) is 12.5. The molecule has 2 aromatic rings. The third kappa shape index (κ3) is 4.62. The van der Waals surface area contributed by atoms with Crippen LogP contribution in [0.2, 0.25) is 0 Å². The number of nitrogens with zero attached hydrogens (tertiary/aromatic N) is 5. The monoisotopic (exact) mass is 473 g/mol. The number of likely N-dealkylation sites (N-methyl/N-ethyl adjacent to an activating group) is 1. The lowest BCUT2D eigenvalue weighted by Crippen LogP contribution is -2.43. The number of carbonyl (C=O) groups excluding carboxylic acids is 1. The third-order valence-electron chi connectivity index (χ3n) is 7.50. The molecule has 0 unspecified atom stereocenters. The smallest absolute Gasteiger partial charge is 0.254 e. The number of nitrogens with one attached hydrogen (secondary N) is 2. The molecule has 8 heteroatoms. The highest BCUT2D eigenvalue weighted by Gasteiger charge is 2.29. The van der Waals surface area contributed by atoms with Gasteiger partial charge in [0.1, 0.15) is 5.82 Å². The van der Waals surface area contributed by atoms with Gasteiger partial charge in [-0.05, 0) is 68.8 Å². The molecule has 0 bridgehead atoms. The van der Waals surface area contributed by atoms with Gasteiger partial charge in [-0.3, -0.25) is 9.48 Å². The lowest BCUT2D eigenvalue weighted by Gasteiger charge is -2.34. The van der Waals surface area contributed by atoms with E-state index in [1.807, 2.05) is 18.3 Å². The number of aliphatic imine (C=N–C) groups is 1. The lowest BCUT2D eigenvalue weighted by atomic mass is 9.91. The van der Waals surface area contributed by atoms with Crippen LogP contribution in [-0.4, -0.2) is 65.4 Å². The number of piperazine rings is 1. The number of benzene rings is 1. The zero-order chi connectivity index (χ0) is 24.5. The van der Waals surface area contributed by atoms with Gasteiger partial charge in [0.2, 0.25) is 0 Å². The van der Waals surface area contributed by atoms with Crippen molar-refractivity contribution < 1.29 is 4.79 Å². The highest BCUT2D eigenvalue weighted by atomic mass is 16.1. The molecule has 3 aliphatic heterocycles. The number of fused-ring (bicyclic) bond motifs is 2. The van der Waals surface area contributed by atoms with Gasteiger partial charge in [-0.15, -0.1) is 0 Å². The molecule has 1 saturated heterocycles. The predicted octanol–water partition coefficient (Wildman–Crippen LogP) is 3.48. The first-order chi connectivity index (χ1) is 16.9. The minimum atomic E-state index is -0.0636. The summed E-state index contributed by atoms with van der Waals surface area (Å²) in [5.41, 5.74) is 7.13. The average Bonchev–Trinajstić information content (AvgIpc) is 3.46. The fourth-order valence-corrected chi connectivity index (χ4v) is 5.26. The Morgan fingerprint density at radius 3 is 2.77 bits per heavy atom. The van der Waals surface area contributed by atoms with Crippen molar-refractivity contribution >= 4 is 18.3 Å². The molecule has 0 radical (unpaired) electrons. The summed E-state index contributed by atoms with van der Waals surface area (Å²) in [6, 6.07) is 4.08. The second-order valence-corrected chi connectivity index (χ2v) is 9.96. The van der Waals surface area contributed by atoms with Crippen molar-refractivity contribution in [3.63, 3.8) is 0 Å². The molecule has 5 rings (SSSR count). The Kier molecular flexibility index (Phi) is 6.47. The van der Waals surface area contributed by atoms with Crippen molar-refractivity contribution in [1.29, 1.82) is 0 Å². The van der Waals surface area contributed by atoms with E-state index in [1.54, 1.807) is 0 Å². The van der Waals surface area contributed by atoms with E-state index in [0.717, 1.165) is 67.9 Å². The topological polar surface area (TPSA) is 77.8 Å². The van der Waals surface area contributed by atoms with Crippen LogP contribution in [0.1, 0.15) is 41.9 Å². The van der Waals surface area contributed by atoms with E-state index in [9.17, 15) is 4.79 Å². The van der Waals surface area contributed by atoms with Crippen molar-refractivity contribution in [2.45, 2.75) is 39.8 Å². The van der Waals surface area contributed by atoms with Crippen LogP contribution in [0, 0.1) is 5.92 Å². The number of rotatable bonds is 6. The normalized spacial score (nSPS) is 20.9. The summed E-state index contributed by atoms with van der Waals surface area (Å²) < 4.78 is 2.12. The minimum absolute atomic E-state index is 0.0636. The maximum atomic E-state index is 12.9. The van der Waals surface area contributed by atoms with Gasteiger partial charge in [-0.1, -0.05) is 13.0 Å². The Hall–Kier alpha value is -3.39. The predicted molar refractivity (Wildman–Crippen MR) is 140 cm³/mol. The summed E-state index contributed by atoms with van der Waals surface area (Å²) in [5.74, 6) is 1.19. The zero-order valence-corrected chi connectivity index (χ0v) is 21.0. The van der Waals surface area contributed by atoms with Crippen molar-refractivity contribution in [3.05, 3.63) is 58.8 Å². The van der Waals surface area contributed by atoms with Crippen molar-refractivity contribution in [2.24, 2.45) is 10.9 Å². The first-order valence-corrected chi connectivity index (χ1v) is 12.5. The fourth-order valence-electron chi connectivity index (χ4n) is 5.26. The summed E-state index contributed by atoms with van der Waals surface area (Å²) in [5, 5.41) is 11.0. The maximum Gasteiger partial charge on any atom is 0.254 e. The van der Waals surface area contributed by atoms with Gasteiger partial charge in [0.05, 0.1) is 17.4 Å². The van der Waals surface area contributed by atoms with E-state index in [-0.39, 0.29) is 5.91 Å². The number of hydrogen-bond acceptors (Lipinski definition) is 6. The largest absolute Gasteiger partial charge is 0.372 e. The second kappa shape index (κ2) is 9.70. The average molecular weight is 474 g/mol. The summed E-state index contributed by atoms with van der Waals surface area (Å²) in [7, 11) is 2.15. The lowest BCUT2D eigenvalue weighted by molar-refractivity contribution is 0.0966. The SMILES string of the molecule is C=N/C(=C\C=C(/C)N1CCN(C)CC1)Nc1ccc(-c2cnn3c2C[C@H](C)CC3)c2c1C(=O)NC2. The van der Waals surface area contributed by atoms with Crippen LogP contribution in [0.5, 0.6) is 0 Å². The van der Waals surface area contributed by atoms with E-state index in [2.05, 4.69) is 75.0 Å². The van der Waals surface area contributed by atoms with Crippen LogP contribution >= 0.6 is 0 Å². The van der Waals surface area contributed by atoms with Crippen LogP contribution in [0.3, 0.4) is 0 Å². The quantitative estimate of drug-likeness (QED) is 0.496. The second-order valence-electron chi connectivity index (χ2n) is 9.96. The van der Waals surface area contributed by atoms with Crippen molar-refractivity contribution in [2.75, 3.05) is 38.5 Å². The van der Waals surface area contributed by atoms with E-state index >= 15 is 0 Å². The molecule has 1 fully saturated rings. The molecule has 1 atom stereocenters. The molecule has 3 aliphatic rings. The molecule has 1 aromatic carbocycles. The van der Waals surface area contributed by atoms with Gasteiger partial charge in [0, 0.05) is 56.2 Å². The van der Waals surface area contributed by atoms with Gasteiger partial charge in [0.15, 0.2) is 0 Å². The molecule has 1 aromatic heterocycles. The Bertz CT molecular complexity index is 1200. The van der Waals surface area contributed by atoms with Crippen molar-refractivity contribution in [3.8, 4) is 11.1 Å². The van der Waals surface area contributed by atoms with Crippen LogP contribution in [0.4, 0.5) is 5.69 Å². The molecule has 0 spiro atoms. The summed E-state index contributed by atoms with van der Waals surface area (Å²) in [6.07, 6.45) is 8.13. The Morgan fingerprint density at radius 2 is 2.00 bits per heavy atom. The molecule has 2 N–H and O–H groups in total. The number of anilines is 1. The number of aryl methyl sites for hydroxylation is 1. The van der Waals surface area contributed by atoms with Crippen LogP contribution < -0.4 is 10.6 Å². The van der Waals surface area contributed by atoms with Gasteiger partial charge < -0.3 is 20.4 Å². The molecule has 0 aliphatic carbocycles. The first kappa shape index (κ1) is 23.4. The number of allylic oxidation sites excluding steroid dienone is 3. The Morgan fingerprint density at radius 1 is 1.20 bits per heavy atom. The van der Waals surface area contributed by atoms with Gasteiger partial charge >= 0.3 is 0 Å². The summed E-state index contributed by atoms with van der Waals surface area (Å²) >= 11 is 0. The molecule has 184 valence electrons. The molecule has 35 heavy (non-hydrogen) atoms. The fraction of sp³-hybridized carbons (Fsp3) is 0.444. The number of hydrogen-bond donors (Lipinski definition) is 2. The molecule has 0 saturated carbocycles. The number of amides is 1. The number of aromatic nitrogens is 2. The molecular weight excluding hydrogens is 438 g/mol. The van der Waals surface area contributed by atoms with Crippen LogP contribution in [-0.2, 0) is 19.5 Å². The van der Waals surface area contributed by atoms with Gasteiger partial charge in [-0.2, -0.15) is 5.10 Å². The van der Waals surface area contributed by atoms with Gasteiger partial charge in [-0.25, -0.2) is 4.99 Å². The maximum absolute atomic E-state index is 12.9. The van der Waals surface area contributed by atoms with E-state index in [4.69, 9.17) is 0 Å². The molecular formula is C27H35N7O. The number of carbonyl (C=O) groups is 1. The Balaban J connectivity index is 1.42. The van der Waals surface area contributed by atoms with Crippen molar-refractivity contribution in [1.82, 2.24) is 24.9 Å². The standard InChI is InChI=1S/C27H35N7O/c1-18-9-10-34-24(15-18)21(17-30-34)20-6-7-23(26-22(20)16-29-27(26)35)31-25(28-3)8-5-19(2)33-13-11-32(4)12-14-33/h5-8,17-18,31H,3,9-16H2,1-2,4H3,(H,29,35)/b19-5+,25-8+/t18-/m1/s1. The zero-order valence-electron chi connectivity index (χ0n) is 21.0. The third-order valence-corrected chi connectivity index (χ3v) is 7.50. The highest BCUT2D eigenvalue weighted by molar-refractivity contribution is 6.06. The van der Waals surface area contributed by atoms with E-state index in [1.165, 1.54) is 11.4 Å². The van der Waals surface area contributed by atoms with E-state index in [0.29, 0.717) is 23.8 Å². The Labute approximate surface area is 207 Å². The van der Waals surface area contributed by atoms with E-state index < -0.39 is 0 Å². The molecule has 8 nitrogen and oxygen atoms in total. The van der Waals surface area contributed by atoms with Crippen LogP contribution in [0.15, 0.2) is 47.0 Å². The summed E-state index contributed by atoms with van der Waals surface area (Å²) in [4.78, 5) is 21.8.